The summed E-state index contributed by atoms with van der Waals surface area (Å²) in [6, 6.07) is 15.6. The highest BCUT2D eigenvalue weighted by atomic mass is 32.2. The minimum Gasteiger partial charge on any atom is -0.497 e. The normalized spacial score (nSPS) is 25.2. The van der Waals surface area contributed by atoms with Gasteiger partial charge in [-0.3, -0.25) is 57.5 Å². The summed E-state index contributed by atoms with van der Waals surface area (Å²) in [6.07, 6.45) is -3.02. The van der Waals surface area contributed by atoms with Gasteiger partial charge in [-0.2, -0.15) is 0 Å². The Morgan fingerprint density at radius 2 is 1.30 bits per heavy atom. The molecular formula is C80H96FN11O25S2. The van der Waals surface area contributed by atoms with E-state index in [4.69, 9.17) is 42.9 Å². The minimum atomic E-state index is -4.01. The molecule has 1 aromatic heterocycles. The molecule has 13 rings (SSSR count). The van der Waals surface area contributed by atoms with Gasteiger partial charge in [0.2, 0.25) is 43.7 Å². The molecule has 13 atom stereocenters. The number of hydrogen-bond donors (Lipinski definition) is 7. The largest absolute Gasteiger partial charge is 0.497 e. The second kappa shape index (κ2) is 34.4. The van der Waals surface area contributed by atoms with Gasteiger partial charge in [-0.25, -0.2) is 45.4 Å². The van der Waals surface area contributed by atoms with Crippen LogP contribution in [-0.2, 0) is 110 Å². The van der Waals surface area contributed by atoms with Crippen LogP contribution in [0.25, 0.3) is 22.2 Å². The summed E-state index contributed by atoms with van der Waals surface area (Å²) in [5.41, 5.74) is -2.51. The van der Waals surface area contributed by atoms with Gasteiger partial charge in [-0.05, 0) is 111 Å². The molecule has 5 aliphatic heterocycles. The maximum absolute atomic E-state index is 14.8. The van der Waals surface area contributed by atoms with Crippen LogP contribution in [-0.4, -0.2) is 229 Å². The van der Waals surface area contributed by atoms with E-state index in [0.29, 0.717) is 64.9 Å². The first-order chi connectivity index (χ1) is 56.1. The van der Waals surface area contributed by atoms with Crippen molar-refractivity contribution in [2.45, 2.75) is 214 Å². The van der Waals surface area contributed by atoms with Gasteiger partial charge in [0.15, 0.2) is 12.1 Å². The zero-order valence-corrected chi connectivity index (χ0v) is 68.3. The number of amides is 10. The fourth-order valence-corrected chi connectivity index (χ4v) is 17.5. The van der Waals surface area contributed by atoms with E-state index < -0.39 is 222 Å². The summed E-state index contributed by atoms with van der Waals surface area (Å²) in [6.45, 7) is 16.9. The lowest BCUT2D eigenvalue weighted by Crippen LogP contribution is -2.60. The predicted octanol–water partition coefficient (Wildman–Crippen LogP) is 3.95. The monoisotopic (exact) mass is 1690 g/mol. The average molecular weight is 1690 g/mol. The van der Waals surface area contributed by atoms with Gasteiger partial charge in [-0.15, -0.1) is 13.2 Å². The third-order valence-electron chi connectivity index (χ3n) is 21.5. The zero-order valence-electron chi connectivity index (χ0n) is 66.7. The number of sulfonamides is 2. The molecule has 119 heavy (non-hydrogen) atoms. The van der Waals surface area contributed by atoms with Gasteiger partial charge >= 0.3 is 36.2 Å². The molecule has 39 heteroatoms. The second-order valence-electron chi connectivity index (χ2n) is 32.9. The molecule has 10 amide bonds. The van der Waals surface area contributed by atoms with Crippen molar-refractivity contribution >= 4 is 108 Å². The highest BCUT2D eigenvalue weighted by Crippen LogP contribution is 2.48. The first kappa shape index (κ1) is 86.8. The molecule has 8 fully saturated rings. The van der Waals surface area contributed by atoms with E-state index in [-0.39, 0.29) is 64.7 Å². The van der Waals surface area contributed by atoms with Crippen LogP contribution < -0.4 is 45.5 Å². The van der Waals surface area contributed by atoms with E-state index in [0.717, 1.165) is 10.5 Å². The summed E-state index contributed by atoms with van der Waals surface area (Å²) in [5.74, 6) is -10.3. The number of ether oxygens (including phenoxy) is 8. The zero-order chi connectivity index (χ0) is 86.2. The van der Waals surface area contributed by atoms with Crippen LogP contribution in [0.4, 0.5) is 18.8 Å². The molecule has 640 valence electrons. The first-order valence-electron chi connectivity index (χ1n) is 39.0. The van der Waals surface area contributed by atoms with E-state index in [9.17, 15) is 83.6 Å². The number of methoxy groups -OCH3 is 1. The number of nitrogens with one attached hydrogen (secondary N) is 7. The highest BCUT2D eigenvalue weighted by Gasteiger charge is 2.64. The van der Waals surface area contributed by atoms with Crippen molar-refractivity contribution in [3.63, 3.8) is 0 Å². The molecule has 4 aliphatic carbocycles. The minimum absolute atomic E-state index is 0.0107. The van der Waals surface area contributed by atoms with Gasteiger partial charge in [0.1, 0.15) is 82.6 Å². The number of rotatable bonds is 28. The number of nitrogens with zero attached hydrogens (tertiary/aromatic N) is 4. The van der Waals surface area contributed by atoms with Crippen molar-refractivity contribution in [1.82, 2.24) is 55.7 Å². The van der Waals surface area contributed by atoms with Gasteiger partial charge < -0.3 is 74.3 Å². The molecular weight excluding hydrogens is 1600 g/mol. The van der Waals surface area contributed by atoms with Crippen LogP contribution in [0.1, 0.15) is 130 Å². The summed E-state index contributed by atoms with van der Waals surface area (Å²) in [5, 5.41) is 12.0. The van der Waals surface area contributed by atoms with Gasteiger partial charge in [0, 0.05) is 79.3 Å². The third kappa shape index (κ3) is 20.4. The van der Waals surface area contributed by atoms with E-state index in [2.05, 4.69) is 49.2 Å². The second-order valence-corrected chi connectivity index (χ2v) is 36.8. The van der Waals surface area contributed by atoms with Crippen molar-refractivity contribution in [1.29, 1.82) is 0 Å². The number of cyclic esters (lactones) is 2. The van der Waals surface area contributed by atoms with Crippen molar-refractivity contribution in [2.75, 3.05) is 33.4 Å². The number of aromatic nitrogens is 1. The number of esters is 3. The number of carbonyl (C=O) groups is 13. The molecule has 9 aliphatic rings. The Morgan fingerprint density at radius 3 is 1.84 bits per heavy atom. The van der Waals surface area contributed by atoms with Gasteiger partial charge in [0.05, 0.1) is 60.8 Å². The number of carbonyl (C=O) groups excluding carboxylic acids is 13. The Morgan fingerprint density at radius 1 is 0.706 bits per heavy atom. The van der Waals surface area contributed by atoms with Crippen molar-refractivity contribution in [3.8, 4) is 22.8 Å². The number of hydrogen-bond acceptors (Lipinski definition) is 26. The predicted molar refractivity (Wildman–Crippen MR) is 416 cm³/mol. The Labute approximate surface area is 684 Å². The summed E-state index contributed by atoms with van der Waals surface area (Å²) in [7, 11) is -6.46. The molecule has 36 nitrogen and oxygen atoms in total. The van der Waals surface area contributed by atoms with Gasteiger partial charge in [0.25, 0.3) is 17.7 Å². The van der Waals surface area contributed by atoms with Crippen LogP contribution in [0.3, 0.4) is 0 Å². The summed E-state index contributed by atoms with van der Waals surface area (Å²) in [4.78, 5) is 182. The van der Waals surface area contributed by atoms with E-state index in [1.165, 1.54) is 41.2 Å². The van der Waals surface area contributed by atoms with Crippen LogP contribution in [0.5, 0.6) is 11.5 Å². The molecule has 6 heterocycles. The maximum Gasteiger partial charge on any atom is 0.410 e. The van der Waals surface area contributed by atoms with E-state index in [1.54, 1.807) is 78.8 Å². The highest BCUT2D eigenvalue weighted by molar-refractivity contribution is 7.91. The lowest BCUT2D eigenvalue weighted by Gasteiger charge is -2.32. The van der Waals surface area contributed by atoms with Crippen molar-refractivity contribution < 1.29 is 121 Å². The fourth-order valence-electron chi connectivity index (χ4n) is 14.7. The number of pyridine rings is 1. The average Bonchev–Trinajstić information content (AvgIpc) is 1.58. The SMILES string of the molecule is C=C[C@@H]1C[C@]1(NC(=O)[C@@H]1CC(OC(=O)N2Cc3cccc(F)c3C2)CN1C(=O)[C@H](COC(=O)N[C@@H]1C(=O)O[C@@H]1C)CC(=O)OC(C)(C)C)C(=O)NS(=O)(=O)C1CC1.C=C[C@@H]1C[C@]1(NC(=O)[C@@H]1CC(Oc2cc(-c3ccccc3)nc3cc(OC)ccc23)CN1C(=O)[C@H](CNC(=O)[C@@H]1CCC(=O)O1)NC(=O)OC(C)(C)C)C(=O)NS(=O)(=O)C1CC1. The van der Waals surface area contributed by atoms with Crippen LogP contribution >= 0.6 is 0 Å². The lowest BCUT2D eigenvalue weighted by molar-refractivity contribution is -0.174. The van der Waals surface area contributed by atoms with Crippen molar-refractivity contribution in [3.05, 3.63) is 115 Å². The molecule has 2 unspecified atom stereocenters. The molecule has 0 bridgehead atoms. The summed E-state index contributed by atoms with van der Waals surface area (Å²) < 4.78 is 114. The number of alkyl carbamates (subject to hydrolysis) is 2. The standard InChI is InChI=1S/C43H50N6O12S.C37H46FN5O13S/c1-6-25-21-43(25,40(54)48-62(56,57)28-13-14-28)47-37(51)33-19-27(59-35-20-30(24-10-8-7-9-11-24)45-31-18-26(58-5)12-15-29(31)35)23-49(33)39(53)32(46-41(55)61-42(2,3)4)22-44-38(52)34-16-17-36(50)60-34;1-6-22-14-37(22,33(48)41-57(51,52)24-10-11-24)40-30(45)27-13-23(55-35(50)42-15-20-8-7-9-26(38)25(20)17-42)16-43(27)31(46)21(12-28(44)56-36(3,4)5)18-53-34(49)39-29-19(2)54-32(29)47/h6-12,15,18,20,25,27-28,32-34H,1,13-14,16-17,19,21-23H2,2-5H3,(H,44,52)(H,46,55)(H,47,51)(H,48,54);6-9,19,21-24,27,29H,1,10-18H2,2-5H3,(H,39,49)(H,40,45)(H,41,48)/t25-,27?,32+,33+,34+,43-;19-,21+,22-,23?,27+,29+,37-/m11/s1. The lowest BCUT2D eigenvalue weighted by atomic mass is 10.0. The van der Waals surface area contributed by atoms with E-state index >= 15 is 0 Å². The van der Waals surface area contributed by atoms with Crippen LogP contribution in [0, 0.1) is 23.6 Å². The topological polar surface area (TPSA) is 471 Å². The fraction of sp³-hybridized carbons (Fsp3) is 0.525. The van der Waals surface area contributed by atoms with E-state index in [1.807, 2.05) is 30.3 Å². The Balaban J connectivity index is 0.000000219. The number of fused-ring (bicyclic) bond motifs is 2. The summed E-state index contributed by atoms with van der Waals surface area (Å²) >= 11 is 0. The molecule has 4 saturated heterocycles. The van der Waals surface area contributed by atoms with Crippen LogP contribution in [0.15, 0.2) is 98.1 Å². The Hall–Kier alpha value is -11.5. The quantitative estimate of drug-likeness (QED) is 0.0240. The molecule has 0 spiro atoms. The number of halogens is 1. The maximum atomic E-state index is 14.8. The molecule has 7 N–H and O–H groups in total. The van der Waals surface area contributed by atoms with Crippen LogP contribution in [0.2, 0.25) is 0 Å². The first-order valence-corrected chi connectivity index (χ1v) is 42.1. The molecule has 4 aromatic rings. The third-order valence-corrected chi connectivity index (χ3v) is 25.2. The Bertz CT molecular complexity index is 5000. The Kier molecular flexibility index (Phi) is 25.1. The molecule has 3 aromatic carbocycles. The van der Waals surface area contributed by atoms with Gasteiger partial charge in [-0.1, -0.05) is 54.6 Å². The smallest absolute Gasteiger partial charge is 0.410 e. The number of benzene rings is 3. The van der Waals surface area contributed by atoms with Crippen molar-refractivity contribution in [2.24, 2.45) is 17.8 Å². The molecule has 0 radical (unpaired) electrons. The molecule has 4 saturated carbocycles. The number of likely N-dealkylation sites (tertiary alicyclic amines) is 2.